The maximum Gasteiger partial charge on any atom is 0.263 e. The molecule has 0 unspecified atom stereocenters. The summed E-state index contributed by atoms with van der Waals surface area (Å²) < 4.78 is 30.0. The van der Waals surface area contributed by atoms with Gasteiger partial charge in [0.15, 0.2) is 5.13 Å². The van der Waals surface area contributed by atoms with Gasteiger partial charge in [-0.2, -0.15) is 5.10 Å². The molecular weight excluding hydrogens is 472 g/mol. The SMILES string of the molecule is O=C(Nc1ccc(Cn2cncn2)cc1)c1ccc2nc(NS(=O)(=O)c3ccccc3)sc2c1. The number of carbonyl (C=O) groups excluding carboxylic acids is 1. The molecule has 11 heteroatoms. The summed E-state index contributed by atoms with van der Waals surface area (Å²) in [5.74, 6) is -0.272. The van der Waals surface area contributed by atoms with Gasteiger partial charge in [-0.15, -0.1) is 0 Å². The second-order valence-corrected chi connectivity index (χ2v) is 10.1. The van der Waals surface area contributed by atoms with Crippen LogP contribution >= 0.6 is 11.3 Å². The predicted octanol–water partition coefficient (Wildman–Crippen LogP) is 3.99. The number of carbonyl (C=O) groups is 1. The lowest BCUT2D eigenvalue weighted by Crippen LogP contribution is -2.12. The van der Waals surface area contributed by atoms with Crippen molar-refractivity contribution in [3.8, 4) is 0 Å². The fourth-order valence-electron chi connectivity index (χ4n) is 3.28. The van der Waals surface area contributed by atoms with Crippen LogP contribution in [0.4, 0.5) is 10.8 Å². The van der Waals surface area contributed by atoms with E-state index in [4.69, 9.17) is 0 Å². The summed E-state index contributed by atoms with van der Waals surface area (Å²) in [4.78, 5) is 21.2. The minimum absolute atomic E-state index is 0.154. The first kappa shape index (κ1) is 21.7. The van der Waals surface area contributed by atoms with Crippen molar-refractivity contribution in [3.05, 3.63) is 96.6 Å². The van der Waals surface area contributed by atoms with Crippen LogP contribution in [0.5, 0.6) is 0 Å². The number of benzene rings is 3. The molecule has 5 aromatic rings. The molecule has 0 atom stereocenters. The van der Waals surface area contributed by atoms with Gasteiger partial charge >= 0.3 is 0 Å². The number of amides is 1. The number of nitrogens with zero attached hydrogens (tertiary/aromatic N) is 4. The number of sulfonamides is 1. The molecule has 2 aromatic heterocycles. The minimum Gasteiger partial charge on any atom is -0.322 e. The van der Waals surface area contributed by atoms with E-state index >= 15 is 0 Å². The summed E-state index contributed by atoms with van der Waals surface area (Å²) >= 11 is 1.17. The number of fused-ring (bicyclic) bond motifs is 1. The molecule has 170 valence electrons. The zero-order valence-corrected chi connectivity index (χ0v) is 19.3. The summed E-state index contributed by atoms with van der Waals surface area (Å²) in [6, 6.07) is 20.6. The number of hydrogen-bond donors (Lipinski definition) is 2. The monoisotopic (exact) mass is 490 g/mol. The molecule has 0 aliphatic heterocycles. The summed E-state index contributed by atoms with van der Waals surface area (Å²) in [6.45, 7) is 0.590. The molecule has 3 aromatic carbocycles. The second-order valence-electron chi connectivity index (χ2n) is 7.36. The summed E-state index contributed by atoms with van der Waals surface area (Å²) in [7, 11) is -3.74. The highest BCUT2D eigenvalue weighted by Gasteiger charge is 2.17. The van der Waals surface area contributed by atoms with E-state index in [0.717, 1.165) is 5.56 Å². The maximum atomic E-state index is 12.8. The molecule has 34 heavy (non-hydrogen) atoms. The first-order valence-electron chi connectivity index (χ1n) is 10.2. The van der Waals surface area contributed by atoms with Crippen LogP contribution in [0.2, 0.25) is 0 Å². The first-order valence-corrected chi connectivity index (χ1v) is 12.5. The van der Waals surface area contributed by atoms with Gasteiger partial charge in [-0.1, -0.05) is 41.7 Å². The fraction of sp³-hybridized carbons (Fsp3) is 0.0435. The van der Waals surface area contributed by atoms with Crippen LogP contribution in [-0.4, -0.2) is 34.1 Å². The molecule has 0 radical (unpaired) electrons. The molecule has 5 rings (SSSR count). The van der Waals surface area contributed by atoms with Crippen LogP contribution in [0.15, 0.2) is 90.3 Å². The third-order valence-electron chi connectivity index (χ3n) is 4.95. The Balaban J connectivity index is 1.29. The average molecular weight is 491 g/mol. The van der Waals surface area contributed by atoms with E-state index in [1.165, 1.54) is 29.8 Å². The summed E-state index contributed by atoms with van der Waals surface area (Å²) in [6.07, 6.45) is 3.12. The molecular formula is C23H18N6O3S2. The summed E-state index contributed by atoms with van der Waals surface area (Å²) in [5.41, 5.74) is 2.73. The van der Waals surface area contributed by atoms with Crippen LogP contribution in [0.1, 0.15) is 15.9 Å². The minimum atomic E-state index is -3.74. The van der Waals surface area contributed by atoms with E-state index in [2.05, 4.69) is 25.1 Å². The normalized spacial score (nSPS) is 11.4. The molecule has 1 amide bonds. The zero-order chi connectivity index (χ0) is 23.5. The van der Waals surface area contributed by atoms with E-state index in [9.17, 15) is 13.2 Å². The zero-order valence-electron chi connectivity index (χ0n) is 17.6. The molecule has 0 saturated carbocycles. The first-order chi connectivity index (χ1) is 16.5. The van der Waals surface area contributed by atoms with E-state index in [1.807, 2.05) is 24.3 Å². The molecule has 0 aliphatic carbocycles. The van der Waals surface area contributed by atoms with E-state index < -0.39 is 10.0 Å². The average Bonchev–Trinajstić information content (AvgIpc) is 3.49. The fourth-order valence-corrected chi connectivity index (χ4v) is 5.44. The Hall–Kier alpha value is -4.09. The number of rotatable bonds is 7. The van der Waals surface area contributed by atoms with Crippen molar-refractivity contribution in [2.24, 2.45) is 0 Å². The molecule has 0 fully saturated rings. The molecule has 0 aliphatic rings. The predicted molar refractivity (Wildman–Crippen MR) is 130 cm³/mol. The van der Waals surface area contributed by atoms with Crippen molar-refractivity contribution < 1.29 is 13.2 Å². The second kappa shape index (κ2) is 9.04. The Morgan fingerprint density at radius 1 is 1.00 bits per heavy atom. The van der Waals surface area contributed by atoms with Crippen molar-refractivity contribution in [2.45, 2.75) is 11.4 Å². The lowest BCUT2D eigenvalue weighted by Gasteiger charge is -2.07. The molecule has 0 spiro atoms. The van der Waals surface area contributed by atoms with Crippen molar-refractivity contribution in [1.82, 2.24) is 19.7 Å². The Labute approximate surface area is 199 Å². The number of aromatic nitrogens is 4. The van der Waals surface area contributed by atoms with E-state index in [-0.39, 0.29) is 15.9 Å². The number of anilines is 2. The maximum absolute atomic E-state index is 12.8. The number of thiazole rings is 1. The smallest absolute Gasteiger partial charge is 0.263 e. The topological polar surface area (TPSA) is 119 Å². The van der Waals surface area contributed by atoms with Crippen LogP contribution in [0.3, 0.4) is 0 Å². The van der Waals surface area contributed by atoms with Gasteiger partial charge in [-0.25, -0.2) is 23.1 Å². The highest BCUT2D eigenvalue weighted by Crippen LogP contribution is 2.29. The Bertz CT molecular complexity index is 1550. The van der Waals surface area contributed by atoms with Gasteiger partial charge in [0, 0.05) is 11.3 Å². The van der Waals surface area contributed by atoms with Crippen LogP contribution < -0.4 is 10.0 Å². The Kier molecular flexibility index (Phi) is 5.78. The van der Waals surface area contributed by atoms with Gasteiger partial charge in [0.05, 0.1) is 21.7 Å². The van der Waals surface area contributed by atoms with Gasteiger partial charge < -0.3 is 5.32 Å². The molecule has 0 saturated heterocycles. The van der Waals surface area contributed by atoms with Crippen molar-refractivity contribution >= 4 is 48.3 Å². The van der Waals surface area contributed by atoms with Gasteiger partial charge in [0.2, 0.25) is 0 Å². The van der Waals surface area contributed by atoms with Crippen LogP contribution in [0.25, 0.3) is 10.2 Å². The Morgan fingerprint density at radius 3 is 2.53 bits per heavy atom. The number of nitrogens with one attached hydrogen (secondary N) is 2. The standard InChI is InChI=1S/C23H18N6O3S2/c30-22(26-18-9-6-16(7-10-18)13-29-15-24-14-25-29)17-8-11-20-21(12-17)33-23(27-20)28-34(31,32)19-4-2-1-3-5-19/h1-12,14-15H,13H2,(H,26,30)(H,27,28). The van der Waals surface area contributed by atoms with Crippen LogP contribution in [0, 0.1) is 0 Å². The van der Waals surface area contributed by atoms with Gasteiger partial charge in [0.1, 0.15) is 12.7 Å². The van der Waals surface area contributed by atoms with E-state index in [1.54, 1.807) is 47.4 Å². The van der Waals surface area contributed by atoms with Crippen molar-refractivity contribution in [3.63, 3.8) is 0 Å². The molecule has 2 heterocycles. The highest BCUT2D eigenvalue weighted by atomic mass is 32.2. The van der Waals surface area contributed by atoms with Gasteiger partial charge in [-0.05, 0) is 48.0 Å². The van der Waals surface area contributed by atoms with E-state index in [0.29, 0.717) is 28.0 Å². The van der Waals surface area contributed by atoms with Crippen LogP contribution in [-0.2, 0) is 16.6 Å². The van der Waals surface area contributed by atoms with Gasteiger partial charge in [-0.3, -0.25) is 9.52 Å². The van der Waals surface area contributed by atoms with Crippen molar-refractivity contribution in [1.29, 1.82) is 0 Å². The van der Waals surface area contributed by atoms with Crippen molar-refractivity contribution in [2.75, 3.05) is 10.0 Å². The molecule has 0 bridgehead atoms. The number of hydrogen-bond acceptors (Lipinski definition) is 7. The lowest BCUT2D eigenvalue weighted by atomic mass is 10.1. The Morgan fingerprint density at radius 2 is 1.79 bits per heavy atom. The third-order valence-corrected chi connectivity index (χ3v) is 7.37. The van der Waals surface area contributed by atoms with Gasteiger partial charge in [0.25, 0.3) is 15.9 Å². The largest absolute Gasteiger partial charge is 0.322 e. The molecule has 9 nitrogen and oxygen atoms in total. The highest BCUT2D eigenvalue weighted by molar-refractivity contribution is 7.93. The third kappa shape index (κ3) is 4.80. The lowest BCUT2D eigenvalue weighted by molar-refractivity contribution is 0.102. The summed E-state index contributed by atoms with van der Waals surface area (Å²) in [5, 5.41) is 7.19. The quantitative estimate of drug-likeness (QED) is 0.356. The molecule has 2 N–H and O–H groups in total.